The van der Waals surface area contributed by atoms with Gasteiger partial charge in [0.05, 0.1) is 11.1 Å². The van der Waals surface area contributed by atoms with E-state index in [9.17, 15) is 0 Å². The molecule has 2 aliphatic rings. The highest BCUT2D eigenvalue weighted by molar-refractivity contribution is 5.98. The summed E-state index contributed by atoms with van der Waals surface area (Å²) in [6.45, 7) is 9.17. The van der Waals surface area contributed by atoms with Gasteiger partial charge in [-0.05, 0) is 128 Å². The van der Waals surface area contributed by atoms with Gasteiger partial charge in [0.15, 0.2) is 0 Å². The predicted molar refractivity (Wildman–Crippen MR) is 256 cm³/mol. The summed E-state index contributed by atoms with van der Waals surface area (Å²) in [4.78, 5) is 2.49. The van der Waals surface area contributed by atoms with Gasteiger partial charge in [-0.3, -0.25) is 0 Å². The SMILES string of the molecule is Cc1ccc2c(c1)C(c1ccccc1)(c1ccccc1)c1cc(C)cc(N(c3ccc(-c4ccccc4)cc3)c3ccc(-c4ccc5c(c4)-c4ccccc4C5(C)C)cc3)c1-2. The Morgan fingerprint density at radius 1 is 0.344 bits per heavy atom. The van der Waals surface area contributed by atoms with Gasteiger partial charge in [-0.2, -0.15) is 0 Å². The summed E-state index contributed by atoms with van der Waals surface area (Å²) < 4.78 is 0. The topological polar surface area (TPSA) is 3.24 Å². The molecule has 0 spiro atoms. The summed E-state index contributed by atoms with van der Waals surface area (Å²) in [5.74, 6) is 0. The van der Waals surface area contributed by atoms with Crippen molar-refractivity contribution in [1.29, 1.82) is 0 Å². The van der Waals surface area contributed by atoms with Gasteiger partial charge in [-0.1, -0.05) is 195 Å². The fourth-order valence-corrected chi connectivity index (χ4v) is 10.6. The molecule has 11 rings (SSSR count). The maximum absolute atomic E-state index is 2.49. The monoisotopic (exact) mass is 781 g/mol. The average molecular weight is 782 g/mol. The van der Waals surface area contributed by atoms with Crippen molar-refractivity contribution in [2.75, 3.05) is 4.90 Å². The van der Waals surface area contributed by atoms with Crippen molar-refractivity contribution in [2.45, 2.75) is 38.5 Å². The lowest BCUT2D eigenvalue weighted by Gasteiger charge is -2.35. The van der Waals surface area contributed by atoms with Crippen molar-refractivity contribution in [3.63, 3.8) is 0 Å². The second-order valence-corrected chi connectivity index (χ2v) is 17.5. The van der Waals surface area contributed by atoms with E-state index >= 15 is 0 Å². The van der Waals surface area contributed by atoms with E-state index in [4.69, 9.17) is 0 Å². The minimum Gasteiger partial charge on any atom is -0.310 e. The lowest BCUT2D eigenvalue weighted by Crippen LogP contribution is -2.28. The van der Waals surface area contributed by atoms with E-state index in [1.54, 1.807) is 0 Å². The first-order valence-corrected chi connectivity index (χ1v) is 21.5. The highest BCUT2D eigenvalue weighted by Crippen LogP contribution is 2.60. The molecular formula is C60H47N. The predicted octanol–water partition coefficient (Wildman–Crippen LogP) is 15.8. The van der Waals surface area contributed by atoms with Gasteiger partial charge in [0, 0.05) is 22.4 Å². The quantitative estimate of drug-likeness (QED) is 0.156. The summed E-state index contributed by atoms with van der Waals surface area (Å²) in [7, 11) is 0. The molecule has 0 atom stereocenters. The Morgan fingerprint density at radius 2 is 0.852 bits per heavy atom. The lowest BCUT2D eigenvalue weighted by atomic mass is 9.67. The number of rotatable bonds is 7. The van der Waals surface area contributed by atoms with E-state index < -0.39 is 5.41 Å². The first-order valence-electron chi connectivity index (χ1n) is 21.5. The van der Waals surface area contributed by atoms with E-state index in [0.29, 0.717) is 0 Å². The zero-order valence-corrected chi connectivity index (χ0v) is 35.2. The average Bonchev–Trinajstić information content (AvgIpc) is 3.72. The number of hydrogen-bond acceptors (Lipinski definition) is 1. The second kappa shape index (κ2) is 14.2. The molecule has 0 amide bonds. The van der Waals surface area contributed by atoms with Gasteiger partial charge in [0.25, 0.3) is 0 Å². The van der Waals surface area contributed by atoms with Gasteiger partial charge >= 0.3 is 0 Å². The van der Waals surface area contributed by atoms with Crippen LogP contribution in [0.5, 0.6) is 0 Å². The first-order chi connectivity index (χ1) is 29.8. The fourth-order valence-electron chi connectivity index (χ4n) is 10.6. The highest BCUT2D eigenvalue weighted by Gasteiger charge is 2.48. The molecule has 0 aromatic heterocycles. The number of nitrogens with zero attached hydrogens (tertiary/aromatic N) is 1. The molecule has 9 aromatic rings. The molecule has 0 N–H and O–H groups in total. The standard InChI is InChI=1S/C60H47N/c1-40-24-34-51-55(36-40)60(46-18-10-6-11-19-46,47-20-12-7-13-21-47)56-37-41(2)38-57(58(51)56)61(48-30-25-43(26-31-48)42-16-8-5-9-17-42)49-32-27-44(28-33-49)45-29-35-54-52(39-45)50-22-14-15-23-53(50)59(54,3)4/h5-39H,1-4H3. The third-order valence-electron chi connectivity index (χ3n) is 13.4. The minimum atomic E-state index is -0.507. The van der Waals surface area contributed by atoms with Crippen LogP contribution >= 0.6 is 0 Å². The van der Waals surface area contributed by atoms with Crippen molar-refractivity contribution in [3.05, 3.63) is 257 Å². The zero-order valence-electron chi connectivity index (χ0n) is 35.2. The van der Waals surface area contributed by atoms with E-state index in [1.165, 1.54) is 94.7 Å². The summed E-state index contributed by atoms with van der Waals surface area (Å²) in [5.41, 5.74) is 23.4. The molecule has 1 nitrogen and oxygen atoms in total. The number of fused-ring (bicyclic) bond motifs is 6. The van der Waals surface area contributed by atoms with Crippen LogP contribution in [0.3, 0.4) is 0 Å². The molecule has 0 heterocycles. The maximum atomic E-state index is 2.49. The Kier molecular flexibility index (Phi) is 8.58. The molecule has 0 unspecified atom stereocenters. The molecule has 9 aromatic carbocycles. The van der Waals surface area contributed by atoms with Gasteiger partial charge in [0.2, 0.25) is 0 Å². The third kappa shape index (κ3) is 5.76. The van der Waals surface area contributed by atoms with Crippen molar-refractivity contribution in [1.82, 2.24) is 0 Å². The largest absolute Gasteiger partial charge is 0.310 e. The van der Waals surface area contributed by atoms with Crippen LogP contribution in [0, 0.1) is 13.8 Å². The van der Waals surface area contributed by atoms with E-state index in [0.717, 1.165) is 11.4 Å². The molecule has 292 valence electrons. The van der Waals surface area contributed by atoms with Crippen LogP contribution in [-0.4, -0.2) is 0 Å². The Morgan fingerprint density at radius 3 is 1.49 bits per heavy atom. The molecule has 0 fully saturated rings. The molecule has 1 heteroatoms. The van der Waals surface area contributed by atoms with Crippen LogP contribution in [0.2, 0.25) is 0 Å². The number of aryl methyl sites for hydroxylation is 2. The Hall–Kier alpha value is -7.22. The molecule has 0 saturated carbocycles. The molecule has 0 radical (unpaired) electrons. The smallest absolute Gasteiger partial charge is 0.0714 e. The minimum absolute atomic E-state index is 0.0190. The van der Waals surface area contributed by atoms with Crippen LogP contribution in [0.1, 0.15) is 58.4 Å². The summed E-state index contributed by atoms with van der Waals surface area (Å²) in [5, 5.41) is 0. The second-order valence-electron chi connectivity index (χ2n) is 17.5. The highest BCUT2D eigenvalue weighted by atomic mass is 15.1. The summed E-state index contributed by atoms with van der Waals surface area (Å²) in [6, 6.07) is 79.1. The van der Waals surface area contributed by atoms with Gasteiger partial charge in [-0.15, -0.1) is 0 Å². The van der Waals surface area contributed by atoms with Crippen LogP contribution in [-0.2, 0) is 10.8 Å². The maximum Gasteiger partial charge on any atom is 0.0714 e. The molecule has 0 bridgehead atoms. The van der Waals surface area contributed by atoms with Gasteiger partial charge in [-0.25, -0.2) is 0 Å². The van der Waals surface area contributed by atoms with E-state index in [-0.39, 0.29) is 5.41 Å². The molecule has 61 heavy (non-hydrogen) atoms. The van der Waals surface area contributed by atoms with Gasteiger partial charge in [0.1, 0.15) is 0 Å². The van der Waals surface area contributed by atoms with Crippen molar-refractivity contribution in [3.8, 4) is 44.5 Å². The van der Waals surface area contributed by atoms with Crippen LogP contribution < -0.4 is 4.90 Å². The number of anilines is 3. The molecular weight excluding hydrogens is 735 g/mol. The summed E-state index contributed by atoms with van der Waals surface area (Å²) in [6.07, 6.45) is 0. The Balaban J connectivity index is 1.12. The Labute approximate surface area is 360 Å². The number of benzene rings is 9. The van der Waals surface area contributed by atoms with Crippen molar-refractivity contribution < 1.29 is 0 Å². The lowest BCUT2D eigenvalue weighted by molar-refractivity contribution is 0.660. The zero-order chi connectivity index (χ0) is 41.3. The van der Waals surface area contributed by atoms with Crippen molar-refractivity contribution in [2.24, 2.45) is 0 Å². The first kappa shape index (κ1) is 36.8. The molecule has 0 aliphatic heterocycles. The van der Waals surface area contributed by atoms with E-state index in [1.807, 2.05) is 0 Å². The normalized spacial score (nSPS) is 13.8. The Bertz CT molecular complexity index is 3050. The van der Waals surface area contributed by atoms with Crippen LogP contribution in [0.25, 0.3) is 44.5 Å². The van der Waals surface area contributed by atoms with Crippen molar-refractivity contribution >= 4 is 17.1 Å². The van der Waals surface area contributed by atoms with Gasteiger partial charge < -0.3 is 4.90 Å². The molecule has 2 aliphatic carbocycles. The van der Waals surface area contributed by atoms with Crippen LogP contribution in [0.15, 0.2) is 212 Å². The van der Waals surface area contributed by atoms with E-state index in [2.05, 4.69) is 245 Å². The molecule has 0 saturated heterocycles. The van der Waals surface area contributed by atoms with Crippen LogP contribution in [0.4, 0.5) is 17.1 Å². The fraction of sp³-hybridized carbons (Fsp3) is 0.100. The summed E-state index contributed by atoms with van der Waals surface area (Å²) >= 11 is 0. The number of hydrogen-bond donors (Lipinski definition) is 0. The third-order valence-corrected chi connectivity index (χ3v) is 13.4.